The summed E-state index contributed by atoms with van der Waals surface area (Å²) in [7, 11) is 0. The molecular formula is C30H29BrFN5O4. The molecule has 2 amide bonds. The Hall–Kier alpha value is -3.73. The van der Waals surface area contributed by atoms with Crippen LogP contribution in [0, 0.1) is 28.5 Å². The first-order valence-corrected chi connectivity index (χ1v) is 14.4. The molecule has 1 saturated heterocycles. The lowest BCUT2D eigenvalue weighted by Crippen LogP contribution is -2.39. The fourth-order valence-electron chi connectivity index (χ4n) is 6.86. The van der Waals surface area contributed by atoms with Gasteiger partial charge in [-0.15, -0.1) is 5.10 Å². The summed E-state index contributed by atoms with van der Waals surface area (Å²) in [6, 6.07) is 10.7. The Morgan fingerprint density at radius 1 is 1.07 bits per heavy atom. The molecule has 0 spiro atoms. The molecule has 4 atom stereocenters. The number of fused-ring (bicyclic) bond motifs is 2. The van der Waals surface area contributed by atoms with Crippen molar-refractivity contribution in [1.82, 2.24) is 15.0 Å². The summed E-state index contributed by atoms with van der Waals surface area (Å²) < 4.78 is 17.2. The van der Waals surface area contributed by atoms with Crippen LogP contribution >= 0.6 is 15.9 Å². The van der Waals surface area contributed by atoms with Gasteiger partial charge in [0.25, 0.3) is 11.8 Å². The van der Waals surface area contributed by atoms with E-state index in [1.165, 1.54) is 23.0 Å². The number of benzene rings is 2. The van der Waals surface area contributed by atoms with Gasteiger partial charge in [0.15, 0.2) is 5.78 Å². The lowest BCUT2D eigenvalue weighted by molar-refractivity contribution is -0.144. The molecule has 1 aromatic heterocycles. The first kappa shape index (κ1) is 27.4. The van der Waals surface area contributed by atoms with Crippen LogP contribution in [0.2, 0.25) is 0 Å². The molecule has 41 heavy (non-hydrogen) atoms. The number of carbonyl (C=O) groups is 4. The van der Waals surface area contributed by atoms with Gasteiger partial charge in [0.1, 0.15) is 17.6 Å². The second-order valence-corrected chi connectivity index (χ2v) is 12.8. The van der Waals surface area contributed by atoms with Gasteiger partial charge in [-0.1, -0.05) is 41.9 Å². The molecule has 1 aliphatic heterocycles. The van der Waals surface area contributed by atoms with Gasteiger partial charge in [0.05, 0.1) is 12.1 Å². The monoisotopic (exact) mass is 621 g/mol. The molecule has 212 valence electrons. The summed E-state index contributed by atoms with van der Waals surface area (Å²) in [6.07, 6.45) is 3.44. The predicted octanol–water partition coefficient (Wildman–Crippen LogP) is 4.97. The number of amides is 2. The minimum atomic E-state index is -0.968. The van der Waals surface area contributed by atoms with Gasteiger partial charge < -0.3 is 10.2 Å². The summed E-state index contributed by atoms with van der Waals surface area (Å²) >= 11 is 3.39. The summed E-state index contributed by atoms with van der Waals surface area (Å²) in [5, 5.41) is 10.7. The molecule has 0 radical (unpaired) electrons. The molecule has 2 aromatic carbocycles. The van der Waals surface area contributed by atoms with E-state index in [4.69, 9.17) is 0 Å². The number of ketones is 2. The van der Waals surface area contributed by atoms with Crippen molar-refractivity contribution in [3.63, 3.8) is 0 Å². The highest BCUT2D eigenvalue weighted by Gasteiger charge is 2.68. The number of nitrogens with one attached hydrogen (secondary N) is 1. The van der Waals surface area contributed by atoms with Crippen molar-refractivity contribution in [2.24, 2.45) is 22.7 Å². The molecule has 4 unspecified atom stereocenters. The van der Waals surface area contributed by atoms with Crippen molar-refractivity contribution >= 4 is 50.7 Å². The van der Waals surface area contributed by atoms with Crippen molar-refractivity contribution in [3.8, 4) is 11.3 Å². The fraction of sp³-hybridized carbons (Fsp3) is 0.400. The number of Topliss-reactive ketones (excluding diaryl/α,β-unsaturated/α-hetero) is 2. The first-order chi connectivity index (χ1) is 19.4. The number of anilines is 2. The molecule has 9 nitrogen and oxygen atoms in total. The average Bonchev–Trinajstić information content (AvgIpc) is 3.65. The highest BCUT2D eigenvalue weighted by molar-refractivity contribution is 9.10. The quantitative estimate of drug-likeness (QED) is 0.307. The van der Waals surface area contributed by atoms with Crippen LogP contribution in [-0.2, 0) is 19.2 Å². The number of aromatic nitrogens is 3. The van der Waals surface area contributed by atoms with E-state index in [-0.39, 0.29) is 40.0 Å². The minimum Gasteiger partial charge on any atom is -0.319 e. The van der Waals surface area contributed by atoms with E-state index < -0.39 is 34.9 Å². The SMILES string of the molecule is CC12CCC(C(C(=O)C(=O)Nc3ccc(F)c(-c4cn(C5CCN(c6ccc(Br)cc6)C5=O)nn4)c3)C1=O)C2(C)C. The van der Waals surface area contributed by atoms with Crippen molar-refractivity contribution in [1.29, 1.82) is 0 Å². The van der Waals surface area contributed by atoms with Crippen LogP contribution in [0.1, 0.15) is 46.1 Å². The normalized spacial score (nSPS) is 26.6. The van der Waals surface area contributed by atoms with Crippen LogP contribution in [0.15, 0.2) is 53.1 Å². The Kier molecular flexibility index (Phi) is 6.48. The first-order valence-electron chi connectivity index (χ1n) is 13.6. The zero-order chi connectivity index (χ0) is 29.3. The van der Waals surface area contributed by atoms with Gasteiger partial charge in [-0.2, -0.15) is 0 Å². The van der Waals surface area contributed by atoms with E-state index in [9.17, 15) is 23.6 Å². The number of nitrogens with zero attached hydrogens (tertiary/aromatic N) is 4. The third kappa shape index (κ3) is 4.24. The van der Waals surface area contributed by atoms with E-state index in [1.807, 2.05) is 45.0 Å². The van der Waals surface area contributed by atoms with Crippen LogP contribution in [0.5, 0.6) is 0 Å². The molecule has 2 aliphatic carbocycles. The van der Waals surface area contributed by atoms with Gasteiger partial charge in [0.2, 0.25) is 5.78 Å². The number of hydrogen-bond donors (Lipinski definition) is 1. The number of carbonyl (C=O) groups excluding carboxylic acids is 4. The molecule has 6 rings (SSSR count). The third-order valence-electron chi connectivity index (χ3n) is 9.68. The van der Waals surface area contributed by atoms with Crippen molar-refractivity contribution in [2.75, 3.05) is 16.8 Å². The molecule has 2 bridgehead atoms. The maximum atomic E-state index is 14.9. The largest absolute Gasteiger partial charge is 0.319 e. The van der Waals surface area contributed by atoms with Crippen molar-refractivity contribution in [3.05, 3.63) is 59.0 Å². The minimum absolute atomic E-state index is 0.0568. The number of halogens is 2. The van der Waals surface area contributed by atoms with Crippen LogP contribution in [0.25, 0.3) is 11.3 Å². The van der Waals surface area contributed by atoms with E-state index in [0.29, 0.717) is 19.4 Å². The Bertz CT molecular complexity index is 1600. The average molecular weight is 622 g/mol. The highest BCUT2D eigenvalue weighted by atomic mass is 79.9. The van der Waals surface area contributed by atoms with Crippen LogP contribution in [0.3, 0.4) is 0 Å². The van der Waals surface area contributed by atoms with Gasteiger partial charge in [-0.25, -0.2) is 9.07 Å². The molecule has 3 aliphatic rings. The summed E-state index contributed by atoms with van der Waals surface area (Å²) in [5.41, 5.74) is 0.210. The van der Waals surface area contributed by atoms with Crippen molar-refractivity contribution < 1.29 is 23.6 Å². The Morgan fingerprint density at radius 2 is 1.80 bits per heavy atom. The van der Waals surface area contributed by atoms with Crippen molar-refractivity contribution in [2.45, 2.75) is 46.1 Å². The van der Waals surface area contributed by atoms with Crippen LogP contribution in [-0.4, -0.2) is 44.9 Å². The molecule has 1 N–H and O–H groups in total. The summed E-state index contributed by atoms with van der Waals surface area (Å²) in [4.78, 5) is 54.1. The van der Waals surface area contributed by atoms with Gasteiger partial charge in [-0.3, -0.25) is 19.2 Å². The van der Waals surface area contributed by atoms with Gasteiger partial charge in [0, 0.05) is 33.4 Å². The fourth-order valence-corrected chi connectivity index (χ4v) is 7.13. The topological polar surface area (TPSA) is 114 Å². The maximum Gasteiger partial charge on any atom is 0.292 e. The Balaban J connectivity index is 1.18. The van der Waals surface area contributed by atoms with E-state index in [0.717, 1.165) is 22.6 Å². The molecule has 3 fully saturated rings. The second-order valence-electron chi connectivity index (χ2n) is 11.9. The smallest absolute Gasteiger partial charge is 0.292 e. The molecular weight excluding hydrogens is 593 g/mol. The zero-order valence-corrected chi connectivity index (χ0v) is 24.4. The molecule has 3 aromatic rings. The van der Waals surface area contributed by atoms with Crippen LogP contribution in [0.4, 0.5) is 15.8 Å². The van der Waals surface area contributed by atoms with Gasteiger partial charge >= 0.3 is 0 Å². The predicted molar refractivity (Wildman–Crippen MR) is 152 cm³/mol. The lowest BCUT2D eigenvalue weighted by atomic mass is 9.70. The number of rotatable bonds is 6. The maximum absolute atomic E-state index is 14.9. The number of hydrogen-bond acceptors (Lipinski definition) is 6. The van der Waals surface area contributed by atoms with Gasteiger partial charge in [-0.05, 0) is 73.1 Å². The standard InChI is InChI=1S/C30H29BrFN5O4/c1-29(2)20-10-12-30(29,3)26(39)24(20)25(38)27(40)33-17-6-9-21(32)19(14-17)22-15-37(35-34-22)23-11-13-36(28(23)41)18-7-4-16(31)5-8-18/h4-9,14-15,20,23-24H,10-13H2,1-3H3,(H,33,40). The van der Waals surface area contributed by atoms with E-state index in [1.54, 1.807) is 4.90 Å². The molecule has 2 saturated carbocycles. The molecule has 2 heterocycles. The second kappa shape index (κ2) is 9.68. The van der Waals surface area contributed by atoms with Crippen LogP contribution < -0.4 is 10.2 Å². The Morgan fingerprint density at radius 3 is 2.49 bits per heavy atom. The summed E-state index contributed by atoms with van der Waals surface area (Å²) in [5.74, 6) is -3.73. The summed E-state index contributed by atoms with van der Waals surface area (Å²) in [6.45, 7) is 6.37. The molecule has 11 heteroatoms. The lowest BCUT2D eigenvalue weighted by Gasteiger charge is -2.32. The Labute approximate surface area is 244 Å². The zero-order valence-electron chi connectivity index (χ0n) is 22.9. The van der Waals surface area contributed by atoms with E-state index >= 15 is 0 Å². The highest BCUT2D eigenvalue weighted by Crippen LogP contribution is 2.65. The van der Waals surface area contributed by atoms with E-state index in [2.05, 4.69) is 31.6 Å². The third-order valence-corrected chi connectivity index (χ3v) is 10.2.